The molecule has 2 rings (SSSR count). The summed E-state index contributed by atoms with van der Waals surface area (Å²) in [6.45, 7) is 1.99. The van der Waals surface area contributed by atoms with Crippen LogP contribution in [0.5, 0.6) is 11.5 Å². The molecule has 0 aliphatic heterocycles. The maximum Gasteiger partial charge on any atom is 0.161 e. The van der Waals surface area contributed by atoms with E-state index in [1.807, 2.05) is 0 Å². The smallest absolute Gasteiger partial charge is 0.161 e. The Morgan fingerprint density at radius 2 is 1.95 bits per heavy atom. The number of rotatable bonds is 6. The number of phenols is 2. The Bertz CT molecular complexity index is 389. The van der Waals surface area contributed by atoms with E-state index in [0.29, 0.717) is 24.8 Å². The van der Waals surface area contributed by atoms with Crippen molar-refractivity contribution in [2.24, 2.45) is 0 Å². The molecular formula is C15H23NO3. The summed E-state index contributed by atoms with van der Waals surface area (Å²) in [4.78, 5) is 0. The highest BCUT2D eigenvalue weighted by molar-refractivity contribution is 5.44. The molecule has 0 atom stereocenters. The minimum atomic E-state index is -0.0715. The Morgan fingerprint density at radius 1 is 1.16 bits per heavy atom. The molecule has 4 nitrogen and oxygen atoms in total. The van der Waals surface area contributed by atoms with Crippen LogP contribution in [0, 0.1) is 0 Å². The number of phenolic OH excluding ortho intramolecular Hbond substituents is 2. The van der Waals surface area contributed by atoms with E-state index in [9.17, 15) is 10.2 Å². The molecule has 19 heavy (non-hydrogen) atoms. The van der Waals surface area contributed by atoms with Gasteiger partial charge in [-0.1, -0.05) is 31.4 Å². The standard InChI is InChI=1S/C15H23NO3/c17-14-8-4-5-12(15(14)18)11-16-9-10-19-13-6-2-1-3-7-13/h4-5,8,13,16-18H,1-3,6-7,9-11H2. The third-order valence-electron chi connectivity index (χ3n) is 3.60. The van der Waals surface area contributed by atoms with Crippen LogP contribution in [0.1, 0.15) is 37.7 Å². The molecule has 1 aromatic rings. The van der Waals surface area contributed by atoms with Gasteiger partial charge in [-0.15, -0.1) is 0 Å². The highest BCUT2D eigenvalue weighted by Crippen LogP contribution is 2.27. The van der Waals surface area contributed by atoms with Crippen molar-refractivity contribution in [3.63, 3.8) is 0 Å². The second-order valence-corrected chi connectivity index (χ2v) is 5.09. The molecule has 1 aliphatic rings. The van der Waals surface area contributed by atoms with Gasteiger partial charge in [-0.3, -0.25) is 0 Å². The fourth-order valence-corrected chi connectivity index (χ4v) is 2.47. The molecule has 3 N–H and O–H groups in total. The third-order valence-corrected chi connectivity index (χ3v) is 3.60. The molecule has 0 heterocycles. The normalized spacial score (nSPS) is 16.6. The van der Waals surface area contributed by atoms with Crippen molar-refractivity contribution in [3.8, 4) is 11.5 Å². The van der Waals surface area contributed by atoms with Crippen molar-refractivity contribution in [1.82, 2.24) is 5.32 Å². The number of para-hydroxylation sites is 1. The van der Waals surface area contributed by atoms with Gasteiger partial charge in [-0.2, -0.15) is 0 Å². The molecule has 0 bridgehead atoms. The van der Waals surface area contributed by atoms with E-state index < -0.39 is 0 Å². The van der Waals surface area contributed by atoms with Gasteiger partial charge < -0.3 is 20.3 Å². The number of ether oxygens (including phenoxy) is 1. The topological polar surface area (TPSA) is 61.7 Å². The first-order valence-corrected chi connectivity index (χ1v) is 7.09. The van der Waals surface area contributed by atoms with Gasteiger partial charge in [0, 0.05) is 18.7 Å². The molecule has 1 aliphatic carbocycles. The number of aromatic hydroxyl groups is 2. The van der Waals surface area contributed by atoms with Crippen molar-refractivity contribution in [1.29, 1.82) is 0 Å². The van der Waals surface area contributed by atoms with Crippen LogP contribution in [0.15, 0.2) is 18.2 Å². The Morgan fingerprint density at radius 3 is 2.74 bits per heavy atom. The average molecular weight is 265 g/mol. The van der Waals surface area contributed by atoms with Gasteiger partial charge in [0.1, 0.15) is 0 Å². The van der Waals surface area contributed by atoms with E-state index in [1.54, 1.807) is 12.1 Å². The Kier molecular flexibility index (Phi) is 5.48. The SMILES string of the molecule is Oc1cccc(CNCCOC2CCCCC2)c1O. The lowest BCUT2D eigenvalue weighted by molar-refractivity contribution is 0.0302. The Labute approximate surface area is 114 Å². The lowest BCUT2D eigenvalue weighted by atomic mass is 9.98. The molecule has 4 heteroatoms. The van der Waals surface area contributed by atoms with E-state index >= 15 is 0 Å². The van der Waals surface area contributed by atoms with E-state index in [0.717, 1.165) is 6.54 Å². The minimum Gasteiger partial charge on any atom is -0.504 e. The summed E-state index contributed by atoms with van der Waals surface area (Å²) in [6.07, 6.45) is 6.73. The van der Waals surface area contributed by atoms with Crippen LogP contribution >= 0.6 is 0 Å². The summed E-state index contributed by atoms with van der Waals surface area (Å²) < 4.78 is 5.80. The molecule has 1 saturated carbocycles. The van der Waals surface area contributed by atoms with E-state index in [-0.39, 0.29) is 11.5 Å². The Balaban J connectivity index is 1.62. The summed E-state index contributed by atoms with van der Waals surface area (Å²) in [5.74, 6) is -0.110. The first-order valence-electron chi connectivity index (χ1n) is 7.09. The van der Waals surface area contributed by atoms with Crippen LogP contribution in [-0.2, 0) is 11.3 Å². The van der Waals surface area contributed by atoms with E-state index in [2.05, 4.69) is 5.32 Å². The largest absolute Gasteiger partial charge is 0.504 e. The van der Waals surface area contributed by atoms with Crippen molar-refractivity contribution >= 4 is 0 Å². The van der Waals surface area contributed by atoms with E-state index in [1.165, 1.54) is 38.2 Å². The predicted molar refractivity (Wildman–Crippen MR) is 74.3 cm³/mol. The van der Waals surface area contributed by atoms with Crippen LogP contribution in [0.3, 0.4) is 0 Å². The van der Waals surface area contributed by atoms with Crippen molar-refractivity contribution < 1.29 is 14.9 Å². The van der Waals surface area contributed by atoms with Gasteiger partial charge in [-0.25, -0.2) is 0 Å². The lowest BCUT2D eigenvalue weighted by Crippen LogP contribution is -2.24. The highest BCUT2D eigenvalue weighted by atomic mass is 16.5. The first-order chi connectivity index (χ1) is 9.27. The zero-order valence-corrected chi connectivity index (χ0v) is 11.3. The fraction of sp³-hybridized carbons (Fsp3) is 0.600. The lowest BCUT2D eigenvalue weighted by Gasteiger charge is -2.22. The maximum absolute atomic E-state index is 9.64. The van der Waals surface area contributed by atoms with Crippen LogP contribution in [0.25, 0.3) is 0 Å². The summed E-state index contributed by atoms with van der Waals surface area (Å²) in [7, 11) is 0. The van der Waals surface area contributed by atoms with Gasteiger partial charge in [-0.05, 0) is 18.9 Å². The number of nitrogens with one attached hydrogen (secondary N) is 1. The minimum absolute atomic E-state index is 0.0387. The molecule has 1 aromatic carbocycles. The van der Waals surface area contributed by atoms with Gasteiger partial charge in [0.15, 0.2) is 11.5 Å². The van der Waals surface area contributed by atoms with Crippen molar-refractivity contribution in [2.45, 2.75) is 44.8 Å². The van der Waals surface area contributed by atoms with Gasteiger partial charge in [0.25, 0.3) is 0 Å². The molecule has 0 aromatic heterocycles. The molecule has 0 saturated heterocycles. The number of hydrogen-bond acceptors (Lipinski definition) is 4. The third kappa shape index (κ3) is 4.40. The summed E-state index contributed by atoms with van der Waals surface area (Å²) >= 11 is 0. The van der Waals surface area contributed by atoms with E-state index in [4.69, 9.17) is 4.74 Å². The van der Waals surface area contributed by atoms with Crippen LogP contribution in [0.4, 0.5) is 0 Å². The summed E-state index contributed by atoms with van der Waals surface area (Å²) in [6, 6.07) is 5.00. The predicted octanol–water partition coefficient (Wildman–Crippen LogP) is 2.54. The Hall–Kier alpha value is -1.26. The maximum atomic E-state index is 9.64. The summed E-state index contributed by atoms with van der Waals surface area (Å²) in [5, 5.41) is 22.2. The average Bonchev–Trinajstić information content (AvgIpc) is 2.44. The van der Waals surface area contributed by atoms with Crippen molar-refractivity contribution in [3.05, 3.63) is 23.8 Å². The summed E-state index contributed by atoms with van der Waals surface area (Å²) in [5.41, 5.74) is 0.706. The highest BCUT2D eigenvalue weighted by Gasteiger charge is 2.13. The van der Waals surface area contributed by atoms with Gasteiger partial charge in [0.05, 0.1) is 12.7 Å². The van der Waals surface area contributed by atoms with Crippen LogP contribution < -0.4 is 5.32 Å². The number of hydrogen-bond donors (Lipinski definition) is 3. The molecular weight excluding hydrogens is 242 g/mol. The number of benzene rings is 1. The first kappa shape index (κ1) is 14.2. The van der Waals surface area contributed by atoms with Gasteiger partial charge in [0.2, 0.25) is 0 Å². The monoisotopic (exact) mass is 265 g/mol. The molecule has 1 fully saturated rings. The molecule has 106 valence electrons. The quantitative estimate of drug-likeness (QED) is 0.546. The van der Waals surface area contributed by atoms with Crippen molar-refractivity contribution in [2.75, 3.05) is 13.2 Å². The zero-order chi connectivity index (χ0) is 13.5. The van der Waals surface area contributed by atoms with Crippen LogP contribution in [0.2, 0.25) is 0 Å². The second-order valence-electron chi connectivity index (χ2n) is 5.09. The molecule has 0 spiro atoms. The van der Waals surface area contributed by atoms with Gasteiger partial charge >= 0.3 is 0 Å². The fourth-order valence-electron chi connectivity index (χ4n) is 2.47. The van der Waals surface area contributed by atoms with Crippen LogP contribution in [-0.4, -0.2) is 29.5 Å². The zero-order valence-electron chi connectivity index (χ0n) is 11.3. The molecule has 0 amide bonds. The molecule has 0 unspecified atom stereocenters. The molecule has 0 radical (unpaired) electrons. The second kappa shape index (κ2) is 7.36.